The monoisotopic (exact) mass is 1520 g/mol. The van der Waals surface area contributed by atoms with Gasteiger partial charge < -0.3 is 32.6 Å². The Morgan fingerprint density at radius 3 is 0.961 bits per heavy atom. The summed E-state index contributed by atoms with van der Waals surface area (Å²) in [7, 11) is -27.9. The van der Waals surface area contributed by atoms with Gasteiger partial charge in [0, 0.05) is 84.1 Å². The second kappa shape index (κ2) is 33.7. The minimum absolute atomic E-state index is 0. The summed E-state index contributed by atoms with van der Waals surface area (Å²) < 4.78 is 215. The van der Waals surface area contributed by atoms with Crippen molar-refractivity contribution in [3.05, 3.63) is 298 Å². The Morgan fingerprint density at radius 2 is 0.660 bits per heavy atom. The van der Waals surface area contributed by atoms with Crippen molar-refractivity contribution in [3.63, 3.8) is 0 Å². The van der Waals surface area contributed by atoms with Gasteiger partial charge in [-0.1, -0.05) is 109 Å². The van der Waals surface area contributed by atoms with E-state index in [2.05, 4.69) is 0 Å². The SMILES string of the molecule is CCN(Cc1cccc(S(=O)(=O)[O-])c1)c1ccc(C(=C2C=CC(=[N+](CC)Cc3cccc(S(=O)(=O)O)c3)C=C2)c2ccccc2S(=O)(=O)[O-])cc1.CCN(Cc1cccc(S(=O)(=O)[O-])c1)c1ccc(C(=C2C=CC(=[N+](CC)Cc3cccc(S(=O)(=O)[O-])c3)C=C2)c2ccccc2S(=O)(=O)[O-])cc1.[Al+3]. The molecule has 0 radical (unpaired) electrons. The van der Waals surface area contributed by atoms with Crippen LogP contribution in [0, 0.1) is 0 Å². The summed E-state index contributed by atoms with van der Waals surface area (Å²) in [5, 5.41) is 0. The summed E-state index contributed by atoms with van der Waals surface area (Å²) in [4.78, 5) is 2.09. The van der Waals surface area contributed by atoms with E-state index in [1.807, 2.05) is 144 Å². The Kier molecular flexibility index (Phi) is 26.1. The minimum Gasteiger partial charge on any atom is -0.744 e. The molecule has 29 heteroatoms. The molecule has 8 aromatic rings. The number of anilines is 2. The molecule has 0 saturated heterocycles. The summed E-state index contributed by atoms with van der Waals surface area (Å²) in [6, 6.07) is 50.2. The van der Waals surface area contributed by atoms with Crippen molar-refractivity contribution in [2.75, 3.05) is 36.0 Å². The Morgan fingerprint density at radius 1 is 0.359 bits per heavy atom. The topological polar surface area (TPSA) is 353 Å². The quantitative estimate of drug-likeness (QED) is 0.0334. The standard InChI is InChI=1S/2C37H36N2O9S3.Al/c2*1-3-38(25-27-9-7-11-33(23-27)49(40,41)42)31-19-15-29(16-20-31)37(35-13-5-6-14-36(35)51(46,47)48)30-17-21-32(22-18-30)39(4-2)26-28-10-8-12-34(24-28)50(43,44)45;/h2*5-24H,3-4,25-26H2,1-2H3,(H2-,40,41,42,43,44,45,46,47,48);/q;;+3/p-3. The van der Waals surface area contributed by atoms with E-state index in [1.165, 1.54) is 91.0 Å². The molecule has 0 saturated carbocycles. The van der Waals surface area contributed by atoms with Crippen LogP contribution in [0.15, 0.2) is 283 Å². The second-order valence-corrected chi connectivity index (χ2v) is 31.6. The average Bonchev–Trinajstić information content (AvgIpc) is 0.781. The Hall–Kier alpha value is -8.87. The van der Waals surface area contributed by atoms with Crippen molar-refractivity contribution in [3.8, 4) is 0 Å². The molecule has 0 heterocycles. The smallest absolute Gasteiger partial charge is 0.744 e. The largest absolute Gasteiger partial charge is 3.00 e. The summed E-state index contributed by atoms with van der Waals surface area (Å²) in [6.07, 6.45) is 14.6. The van der Waals surface area contributed by atoms with Crippen LogP contribution in [-0.2, 0) is 86.9 Å². The minimum atomic E-state index is -4.86. The molecule has 0 aliphatic heterocycles. The maximum absolute atomic E-state index is 12.4. The van der Waals surface area contributed by atoms with E-state index < -0.39 is 60.7 Å². The Balaban J connectivity index is 0.000000259. The normalized spacial score (nSPS) is 13.2. The maximum atomic E-state index is 12.4. The number of hydrogen-bond donors (Lipinski definition) is 1. The van der Waals surface area contributed by atoms with Crippen LogP contribution in [0.4, 0.5) is 11.4 Å². The molecule has 532 valence electrons. The molecule has 8 aromatic carbocycles. The van der Waals surface area contributed by atoms with Crippen molar-refractivity contribution < 1.29 is 87.0 Å². The molecule has 10 rings (SSSR count). The van der Waals surface area contributed by atoms with Gasteiger partial charge in [-0.2, -0.15) is 8.42 Å². The first-order chi connectivity index (χ1) is 48.2. The molecule has 0 fully saturated rings. The van der Waals surface area contributed by atoms with Crippen LogP contribution in [-0.4, -0.2) is 142 Å². The van der Waals surface area contributed by atoms with Crippen LogP contribution in [0.1, 0.15) is 72.2 Å². The van der Waals surface area contributed by atoms with Crippen LogP contribution in [0.5, 0.6) is 0 Å². The van der Waals surface area contributed by atoms with E-state index in [0.717, 1.165) is 22.8 Å². The van der Waals surface area contributed by atoms with Gasteiger partial charge in [0.15, 0.2) is 24.5 Å². The van der Waals surface area contributed by atoms with Gasteiger partial charge in [0.2, 0.25) is 0 Å². The fourth-order valence-electron chi connectivity index (χ4n) is 11.7. The van der Waals surface area contributed by atoms with Crippen molar-refractivity contribution >= 4 is 112 Å². The van der Waals surface area contributed by atoms with Crippen molar-refractivity contribution in [1.29, 1.82) is 0 Å². The molecule has 0 atom stereocenters. The molecular weight excluding hydrogens is 1450 g/mol. The van der Waals surface area contributed by atoms with E-state index in [9.17, 15) is 77.8 Å². The number of benzene rings is 8. The third kappa shape index (κ3) is 20.7. The molecular formula is C74H69AlN4O18S6. The van der Waals surface area contributed by atoms with Crippen molar-refractivity contribution in [1.82, 2.24) is 0 Å². The van der Waals surface area contributed by atoms with Gasteiger partial charge in [0.1, 0.15) is 63.7 Å². The number of allylic oxidation sites excluding steroid dienone is 10. The van der Waals surface area contributed by atoms with E-state index in [4.69, 9.17) is 0 Å². The molecule has 0 bridgehead atoms. The zero-order valence-corrected chi connectivity index (χ0v) is 62.0. The summed E-state index contributed by atoms with van der Waals surface area (Å²) in [5.74, 6) is 0. The Labute approximate surface area is 612 Å². The van der Waals surface area contributed by atoms with Crippen molar-refractivity contribution in [2.45, 2.75) is 83.2 Å². The summed E-state index contributed by atoms with van der Waals surface area (Å²) in [5.41, 5.74) is 9.67. The van der Waals surface area contributed by atoms with Gasteiger partial charge in [0.05, 0.1) is 29.4 Å². The van der Waals surface area contributed by atoms with E-state index in [-0.39, 0.29) is 57.9 Å². The van der Waals surface area contributed by atoms with Gasteiger partial charge in [-0.05, 0) is 181 Å². The van der Waals surface area contributed by atoms with Gasteiger partial charge in [-0.25, -0.2) is 51.2 Å². The van der Waals surface area contributed by atoms with Gasteiger partial charge in [-0.3, -0.25) is 4.55 Å². The summed E-state index contributed by atoms with van der Waals surface area (Å²) >= 11 is 0. The molecule has 0 spiro atoms. The molecule has 0 aromatic heterocycles. The van der Waals surface area contributed by atoms with E-state index in [1.54, 1.807) is 54.6 Å². The van der Waals surface area contributed by atoms with Crippen LogP contribution < -0.4 is 9.80 Å². The molecule has 1 N–H and O–H groups in total. The van der Waals surface area contributed by atoms with E-state index in [0.29, 0.717) is 108 Å². The molecule has 103 heavy (non-hydrogen) atoms. The van der Waals surface area contributed by atoms with Gasteiger partial charge in [0.25, 0.3) is 10.1 Å². The molecule has 2 aliphatic rings. The molecule has 2 aliphatic carbocycles. The predicted molar refractivity (Wildman–Crippen MR) is 388 cm³/mol. The number of nitrogens with zero attached hydrogens (tertiary/aromatic N) is 4. The second-order valence-electron chi connectivity index (χ2n) is 23.3. The fourth-order valence-corrected chi connectivity index (χ4v) is 15.3. The first-order valence-electron chi connectivity index (χ1n) is 31.6. The first-order valence-corrected chi connectivity index (χ1v) is 40.1. The van der Waals surface area contributed by atoms with Gasteiger partial charge in [-0.15, -0.1) is 0 Å². The number of rotatable bonds is 24. The Bertz CT molecular complexity index is 5140. The molecule has 22 nitrogen and oxygen atoms in total. The third-order valence-corrected chi connectivity index (χ3v) is 21.8. The van der Waals surface area contributed by atoms with Gasteiger partial charge >= 0.3 is 17.4 Å². The first kappa shape index (κ1) is 79.8. The van der Waals surface area contributed by atoms with Crippen LogP contribution >= 0.6 is 0 Å². The maximum Gasteiger partial charge on any atom is 3.00 e. The average molecular weight is 1520 g/mol. The van der Waals surface area contributed by atoms with Crippen LogP contribution in [0.2, 0.25) is 0 Å². The molecule has 0 unspecified atom stereocenters. The zero-order chi connectivity index (χ0) is 74.0. The van der Waals surface area contributed by atoms with Crippen LogP contribution in [0.25, 0.3) is 11.1 Å². The number of hydrogen-bond acceptors (Lipinski definition) is 19. The third-order valence-electron chi connectivity index (χ3n) is 16.7. The zero-order valence-electron chi connectivity index (χ0n) is 56.0. The summed E-state index contributed by atoms with van der Waals surface area (Å²) in [6.45, 7) is 11.3. The predicted octanol–water partition coefficient (Wildman–Crippen LogP) is 10.0. The van der Waals surface area contributed by atoms with Crippen LogP contribution in [0.3, 0.4) is 0 Å². The van der Waals surface area contributed by atoms with Crippen molar-refractivity contribution in [2.24, 2.45) is 0 Å². The van der Waals surface area contributed by atoms with E-state index >= 15 is 0 Å². The molecule has 0 amide bonds. The fraction of sp³-hybridized carbons (Fsp3) is 0.162.